The normalized spacial score (nSPS) is 12.1. The maximum atomic E-state index is 13.8. The average Bonchev–Trinajstić information content (AvgIpc) is 2.56. The van der Waals surface area contributed by atoms with E-state index in [0.29, 0.717) is 23.8 Å². The summed E-state index contributed by atoms with van der Waals surface area (Å²) >= 11 is 5.48. The van der Waals surface area contributed by atoms with Crippen molar-refractivity contribution in [1.29, 1.82) is 0 Å². The molecule has 0 heterocycles. The van der Waals surface area contributed by atoms with E-state index < -0.39 is 13.9 Å². The highest BCUT2D eigenvalue weighted by molar-refractivity contribution is 8.10. The number of benzene rings is 2. The Labute approximate surface area is 142 Å². The van der Waals surface area contributed by atoms with E-state index in [-0.39, 0.29) is 0 Å². The van der Waals surface area contributed by atoms with Crippen LogP contribution >= 0.6 is 13.9 Å². The smallest absolute Gasteiger partial charge is 0.307 e. The van der Waals surface area contributed by atoms with Crippen LogP contribution in [0.4, 0.5) is 0 Å². The molecule has 0 unspecified atom stereocenters. The molecule has 4 nitrogen and oxygen atoms in total. The molecule has 2 rings (SSSR count). The van der Waals surface area contributed by atoms with Crippen LogP contribution in [0.3, 0.4) is 0 Å². The first-order chi connectivity index (χ1) is 11.0. The van der Waals surface area contributed by atoms with Crippen LogP contribution in [0.2, 0.25) is 0 Å². The lowest BCUT2D eigenvalue weighted by atomic mass is 10.4. The summed E-state index contributed by atoms with van der Waals surface area (Å²) in [5.41, 5.74) is 0. The van der Waals surface area contributed by atoms with E-state index in [1.807, 2.05) is 50.2 Å². The van der Waals surface area contributed by atoms with Gasteiger partial charge in [0, 0.05) is 0 Å². The topological polar surface area (TPSA) is 53.9 Å². The Morgan fingerprint density at radius 1 is 0.870 bits per heavy atom. The highest BCUT2D eigenvalue weighted by atomic mass is 32.5. The summed E-state index contributed by atoms with van der Waals surface area (Å²) in [7, 11) is -3.28. The van der Waals surface area contributed by atoms with Crippen molar-refractivity contribution in [2.24, 2.45) is 4.52 Å². The second-order valence-electron chi connectivity index (χ2n) is 4.64. The van der Waals surface area contributed by atoms with Crippen molar-refractivity contribution < 1.29 is 13.9 Å². The van der Waals surface area contributed by atoms with E-state index in [1.165, 1.54) is 0 Å². The predicted octanol–water partition coefficient (Wildman–Crippen LogP) is 3.41. The molecule has 0 fully saturated rings. The Bertz CT molecular complexity index is 669. The van der Waals surface area contributed by atoms with Crippen molar-refractivity contribution in [3.05, 3.63) is 60.7 Å². The number of hydrogen-bond acceptors (Lipinski definition) is 4. The largest absolute Gasteiger partial charge is 0.809 e. The Hall–Kier alpha value is -0.800. The van der Waals surface area contributed by atoms with Crippen LogP contribution in [0.25, 0.3) is 0 Å². The zero-order valence-electron chi connectivity index (χ0n) is 13.2. The Balaban J connectivity index is 2.68. The van der Waals surface area contributed by atoms with Gasteiger partial charge in [-0.1, -0.05) is 60.7 Å². The zero-order chi connectivity index (χ0) is 16.8. The van der Waals surface area contributed by atoms with Gasteiger partial charge < -0.3 is 13.9 Å². The molecule has 2 aromatic rings. The summed E-state index contributed by atoms with van der Waals surface area (Å²) in [5, 5.41) is 1.25. The van der Waals surface area contributed by atoms with Crippen LogP contribution in [0.5, 0.6) is 0 Å². The van der Waals surface area contributed by atoms with E-state index in [9.17, 15) is 4.89 Å². The van der Waals surface area contributed by atoms with Gasteiger partial charge in [0.2, 0.25) is 0 Å². The maximum absolute atomic E-state index is 13.8. The van der Waals surface area contributed by atoms with Crippen LogP contribution in [-0.4, -0.2) is 13.2 Å². The van der Waals surface area contributed by atoms with Gasteiger partial charge in [0.25, 0.3) is 0 Å². The molecule has 0 aliphatic carbocycles. The van der Waals surface area contributed by atoms with Crippen molar-refractivity contribution in [2.45, 2.75) is 13.8 Å². The molecular weight excluding hydrogens is 348 g/mol. The third-order valence-electron chi connectivity index (χ3n) is 3.03. The minimum atomic E-state index is -3.28. The third-order valence-corrected chi connectivity index (χ3v) is 9.37. The van der Waals surface area contributed by atoms with Gasteiger partial charge in [0.15, 0.2) is 0 Å². The maximum Gasteiger partial charge on any atom is 0.307 e. The van der Waals surface area contributed by atoms with Crippen molar-refractivity contribution in [2.75, 3.05) is 13.2 Å². The standard InChI is InChI=1S/C16H20NO3P2S/c1-3-19-22(23,20-4-2)17-21(18,15-11-7-5-8-12-15)16-13-9-6-10-14-16/h5-14H,3-4H2,1-2H3/q-1. The van der Waals surface area contributed by atoms with Crippen LogP contribution in [0, 0.1) is 0 Å². The molecule has 0 bridgehead atoms. The molecule has 0 aliphatic heterocycles. The van der Waals surface area contributed by atoms with Crippen LogP contribution in [0.15, 0.2) is 65.2 Å². The predicted molar refractivity (Wildman–Crippen MR) is 99.0 cm³/mol. The summed E-state index contributed by atoms with van der Waals surface area (Å²) < 4.78 is 15.6. The lowest BCUT2D eigenvalue weighted by Crippen LogP contribution is -2.25. The first-order valence-corrected chi connectivity index (χ1v) is 11.6. The molecule has 7 heteroatoms. The molecule has 124 valence electrons. The molecule has 2 aromatic carbocycles. The molecule has 0 radical (unpaired) electrons. The highest BCUT2D eigenvalue weighted by Gasteiger charge is 2.22. The number of hydrogen-bond donors (Lipinski definition) is 0. The molecule has 0 saturated carbocycles. The second kappa shape index (κ2) is 8.34. The average molecular weight is 368 g/mol. The molecular formula is C16H20NO3P2S-. The van der Waals surface area contributed by atoms with Crippen molar-refractivity contribution in [3.8, 4) is 0 Å². The minimum absolute atomic E-state index is 0.365. The van der Waals surface area contributed by atoms with Gasteiger partial charge in [-0.05, 0) is 43.5 Å². The van der Waals surface area contributed by atoms with E-state index in [2.05, 4.69) is 4.52 Å². The zero-order valence-corrected chi connectivity index (χ0v) is 15.8. The van der Waals surface area contributed by atoms with Gasteiger partial charge in [-0.3, -0.25) is 0 Å². The van der Waals surface area contributed by atoms with Gasteiger partial charge in [-0.15, -0.1) is 0 Å². The summed E-state index contributed by atoms with van der Waals surface area (Å²) in [6, 6.07) is 18.3. The van der Waals surface area contributed by atoms with Gasteiger partial charge in [0.05, 0.1) is 13.2 Å². The SMILES string of the molecule is CCOP(=S)(N=P([O-])(c1ccccc1)c1ccccc1)OCC. The van der Waals surface area contributed by atoms with Gasteiger partial charge in [-0.2, -0.15) is 0 Å². The summed E-state index contributed by atoms with van der Waals surface area (Å²) in [6.07, 6.45) is 0. The van der Waals surface area contributed by atoms with Gasteiger partial charge in [0.1, 0.15) is 0 Å². The summed E-state index contributed by atoms with van der Waals surface area (Å²) in [5.74, 6) is 0. The monoisotopic (exact) mass is 368 g/mol. The molecule has 0 atom stereocenters. The lowest BCUT2D eigenvalue weighted by Gasteiger charge is -2.34. The molecule has 23 heavy (non-hydrogen) atoms. The summed E-state index contributed by atoms with van der Waals surface area (Å²) in [4.78, 5) is 13.8. The molecule has 0 aliphatic rings. The fourth-order valence-electron chi connectivity index (χ4n) is 2.08. The Morgan fingerprint density at radius 3 is 1.61 bits per heavy atom. The molecule has 0 N–H and O–H groups in total. The van der Waals surface area contributed by atoms with Crippen molar-refractivity contribution >= 4 is 36.3 Å². The first kappa shape index (κ1) is 18.5. The molecule has 0 aromatic heterocycles. The first-order valence-electron chi connectivity index (χ1n) is 7.39. The second-order valence-corrected chi connectivity index (χ2v) is 10.4. The molecule has 0 spiro atoms. The fourth-order valence-corrected chi connectivity index (χ4v) is 8.29. The third kappa shape index (κ3) is 4.60. The lowest BCUT2D eigenvalue weighted by molar-refractivity contribution is -0.158. The number of rotatable bonds is 7. The van der Waals surface area contributed by atoms with E-state index in [0.717, 1.165) is 0 Å². The van der Waals surface area contributed by atoms with Gasteiger partial charge in [-0.25, -0.2) is 4.52 Å². The molecule has 0 amide bonds. The summed E-state index contributed by atoms with van der Waals surface area (Å²) in [6.45, 7) is 1.40. The molecule has 0 saturated heterocycles. The van der Waals surface area contributed by atoms with Crippen LogP contribution < -0.4 is 15.5 Å². The minimum Gasteiger partial charge on any atom is -0.809 e. The van der Waals surface area contributed by atoms with Crippen molar-refractivity contribution in [3.63, 3.8) is 0 Å². The van der Waals surface area contributed by atoms with E-state index >= 15 is 0 Å². The van der Waals surface area contributed by atoms with Gasteiger partial charge >= 0.3 is 6.64 Å². The Kier molecular flexibility index (Phi) is 6.72. The Morgan fingerprint density at radius 2 is 1.26 bits per heavy atom. The van der Waals surface area contributed by atoms with Crippen molar-refractivity contribution in [1.82, 2.24) is 0 Å². The van der Waals surface area contributed by atoms with E-state index in [1.54, 1.807) is 24.3 Å². The number of nitrogens with zero attached hydrogens (tertiary/aromatic N) is 1. The van der Waals surface area contributed by atoms with E-state index in [4.69, 9.17) is 20.9 Å². The fraction of sp³-hybridized carbons (Fsp3) is 0.250. The highest BCUT2D eigenvalue weighted by Crippen LogP contribution is 2.58. The quantitative estimate of drug-likeness (QED) is 0.703. The van der Waals surface area contributed by atoms with Crippen LogP contribution in [0.1, 0.15) is 13.8 Å². The van der Waals surface area contributed by atoms with Crippen LogP contribution in [-0.2, 0) is 20.9 Å².